The molecule has 0 bridgehead atoms. The maximum atomic E-state index is 9.94. The van der Waals surface area contributed by atoms with Crippen LogP contribution in [0.4, 0.5) is 5.82 Å². The number of nitriles is 1. The first kappa shape index (κ1) is 17.8. The van der Waals surface area contributed by atoms with Crippen LogP contribution < -0.4 is 4.90 Å². The molecule has 1 aromatic carbocycles. The number of aliphatic hydroxyl groups is 1. The zero-order valence-corrected chi connectivity index (χ0v) is 16.8. The second-order valence-corrected chi connectivity index (χ2v) is 9.40. The standard InChI is InChI=1S/C23H24N6O/c24-14-23(12-22(13-23)4-5-22)18-2-1-17-9-27-29(19(17)7-18)21-8-20(25-15-26-21)28-6-3-16(10-28)11-30/h1-2,7-9,15-16,30H,3-6,10-13H2/t16-/m1/s1. The van der Waals surface area contributed by atoms with Gasteiger partial charge in [-0.3, -0.25) is 0 Å². The molecule has 7 nitrogen and oxygen atoms in total. The minimum atomic E-state index is -0.356. The minimum Gasteiger partial charge on any atom is -0.396 e. The zero-order valence-electron chi connectivity index (χ0n) is 16.8. The number of hydrogen-bond donors (Lipinski definition) is 1. The quantitative estimate of drug-likeness (QED) is 0.724. The summed E-state index contributed by atoms with van der Waals surface area (Å²) in [6.07, 6.45) is 8.90. The Bertz CT molecular complexity index is 1170. The van der Waals surface area contributed by atoms with E-state index in [0.29, 0.717) is 11.3 Å². The van der Waals surface area contributed by atoms with Crippen molar-refractivity contribution in [3.63, 3.8) is 0 Å². The highest BCUT2D eigenvalue weighted by molar-refractivity contribution is 5.81. The van der Waals surface area contributed by atoms with E-state index in [1.54, 1.807) is 6.33 Å². The summed E-state index contributed by atoms with van der Waals surface area (Å²) in [5.74, 6) is 1.88. The molecule has 1 saturated heterocycles. The van der Waals surface area contributed by atoms with Gasteiger partial charge in [-0.05, 0) is 49.1 Å². The Morgan fingerprint density at radius 1 is 1.17 bits per heavy atom. The van der Waals surface area contributed by atoms with E-state index in [0.717, 1.165) is 60.5 Å². The first-order valence-electron chi connectivity index (χ1n) is 10.7. The monoisotopic (exact) mass is 400 g/mol. The molecule has 0 unspecified atom stereocenters. The van der Waals surface area contributed by atoms with Gasteiger partial charge in [0.1, 0.15) is 12.1 Å². The van der Waals surface area contributed by atoms with Crippen LogP contribution in [0, 0.1) is 22.7 Å². The highest BCUT2D eigenvalue weighted by atomic mass is 16.3. The molecule has 2 saturated carbocycles. The third kappa shape index (κ3) is 2.63. The van der Waals surface area contributed by atoms with Crippen molar-refractivity contribution in [2.24, 2.45) is 11.3 Å². The number of hydrogen-bond acceptors (Lipinski definition) is 6. The summed E-state index contributed by atoms with van der Waals surface area (Å²) >= 11 is 0. The lowest BCUT2D eigenvalue weighted by atomic mass is 9.57. The van der Waals surface area contributed by atoms with Crippen LogP contribution in [0.25, 0.3) is 16.7 Å². The van der Waals surface area contributed by atoms with E-state index in [2.05, 4.69) is 44.2 Å². The van der Waals surface area contributed by atoms with E-state index < -0.39 is 0 Å². The summed E-state index contributed by atoms with van der Waals surface area (Å²) in [5, 5.41) is 25.0. The number of benzene rings is 1. The third-order valence-electron chi connectivity index (χ3n) is 7.37. The molecule has 2 aromatic heterocycles. The van der Waals surface area contributed by atoms with Crippen LogP contribution in [0.1, 0.15) is 37.7 Å². The maximum absolute atomic E-state index is 9.94. The molecule has 3 aromatic rings. The maximum Gasteiger partial charge on any atom is 0.159 e. The molecule has 3 fully saturated rings. The van der Waals surface area contributed by atoms with Crippen LogP contribution in [-0.4, -0.2) is 44.6 Å². The van der Waals surface area contributed by atoms with Crippen LogP contribution in [0.2, 0.25) is 0 Å². The molecule has 1 N–H and O–H groups in total. The highest BCUT2D eigenvalue weighted by Gasteiger charge is 2.61. The van der Waals surface area contributed by atoms with Gasteiger partial charge in [-0.25, -0.2) is 14.6 Å². The molecule has 6 rings (SSSR count). The molecular formula is C23H24N6O. The molecule has 0 radical (unpaired) electrons. The van der Waals surface area contributed by atoms with Crippen molar-refractivity contribution in [1.82, 2.24) is 19.7 Å². The fourth-order valence-electron chi connectivity index (χ4n) is 5.42. The number of anilines is 1. The van der Waals surface area contributed by atoms with E-state index in [1.165, 1.54) is 12.8 Å². The number of rotatable bonds is 4. The second-order valence-electron chi connectivity index (χ2n) is 9.40. The Kier molecular flexibility index (Phi) is 3.72. The van der Waals surface area contributed by atoms with Crippen molar-refractivity contribution in [2.75, 3.05) is 24.6 Å². The summed E-state index contributed by atoms with van der Waals surface area (Å²) in [6, 6.07) is 10.9. The largest absolute Gasteiger partial charge is 0.396 e. The third-order valence-corrected chi connectivity index (χ3v) is 7.37. The van der Waals surface area contributed by atoms with E-state index >= 15 is 0 Å². The van der Waals surface area contributed by atoms with Gasteiger partial charge in [-0.2, -0.15) is 10.4 Å². The van der Waals surface area contributed by atoms with Gasteiger partial charge in [0.15, 0.2) is 5.82 Å². The molecule has 152 valence electrons. The van der Waals surface area contributed by atoms with Crippen molar-refractivity contribution in [3.8, 4) is 11.9 Å². The highest BCUT2D eigenvalue weighted by Crippen LogP contribution is 2.68. The van der Waals surface area contributed by atoms with Crippen molar-refractivity contribution in [3.05, 3.63) is 42.4 Å². The molecule has 1 atom stereocenters. The van der Waals surface area contributed by atoms with Gasteiger partial charge in [-0.15, -0.1) is 0 Å². The van der Waals surface area contributed by atoms with E-state index in [4.69, 9.17) is 0 Å². The van der Waals surface area contributed by atoms with Gasteiger partial charge in [0.25, 0.3) is 0 Å². The Morgan fingerprint density at radius 2 is 2.00 bits per heavy atom. The summed E-state index contributed by atoms with van der Waals surface area (Å²) < 4.78 is 1.85. The summed E-state index contributed by atoms with van der Waals surface area (Å²) in [6.45, 7) is 1.91. The number of aliphatic hydroxyl groups excluding tert-OH is 1. The van der Waals surface area contributed by atoms with Crippen LogP contribution in [0.5, 0.6) is 0 Å². The SMILES string of the molecule is N#CC1(c2ccc3cnn(-c4cc(N5CC[C@@H](CO)C5)ncn4)c3c2)CC2(CC2)C1. The van der Waals surface area contributed by atoms with Gasteiger partial charge in [0.2, 0.25) is 0 Å². The van der Waals surface area contributed by atoms with E-state index in [1.807, 2.05) is 16.9 Å². The molecule has 1 spiro atoms. The lowest BCUT2D eigenvalue weighted by Crippen LogP contribution is -2.41. The van der Waals surface area contributed by atoms with Crippen LogP contribution in [-0.2, 0) is 5.41 Å². The van der Waals surface area contributed by atoms with Crippen molar-refractivity contribution in [2.45, 2.75) is 37.5 Å². The Balaban J connectivity index is 1.36. The van der Waals surface area contributed by atoms with Crippen molar-refractivity contribution in [1.29, 1.82) is 5.26 Å². The zero-order chi connectivity index (χ0) is 20.3. The Labute approximate surface area is 175 Å². The molecule has 3 aliphatic rings. The second kappa shape index (κ2) is 6.26. The van der Waals surface area contributed by atoms with Crippen molar-refractivity contribution < 1.29 is 5.11 Å². The predicted octanol–water partition coefficient (Wildman–Crippen LogP) is 2.97. The Morgan fingerprint density at radius 3 is 2.73 bits per heavy atom. The summed E-state index contributed by atoms with van der Waals surface area (Å²) in [4.78, 5) is 11.1. The molecule has 2 aliphatic carbocycles. The average Bonchev–Trinajstić information content (AvgIpc) is 3.21. The number of fused-ring (bicyclic) bond motifs is 1. The van der Waals surface area contributed by atoms with Gasteiger partial charge in [-0.1, -0.05) is 12.1 Å². The van der Waals surface area contributed by atoms with E-state index in [9.17, 15) is 10.4 Å². The predicted molar refractivity (Wildman–Crippen MR) is 112 cm³/mol. The van der Waals surface area contributed by atoms with Gasteiger partial charge in [0.05, 0.1) is 23.2 Å². The number of nitrogens with zero attached hydrogens (tertiary/aromatic N) is 6. The molecule has 0 amide bonds. The fourth-order valence-corrected chi connectivity index (χ4v) is 5.42. The lowest BCUT2D eigenvalue weighted by Gasteiger charge is -2.44. The van der Waals surface area contributed by atoms with Gasteiger partial charge in [0, 0.05) is 37.1 Å². The molecule has 30 heavy (non-hydrogen) atoms. The first-order chi connectivity index (χ1) is 14.6. The lowest BCUT2D eigenvalue weighted by molar-refractivity contribution is 0.173. The van der Waals surface area contributed by atoms with Crippen LogP contribution >= 0.6 is 0 Å². The smallest absolute Gasteiger partial charge is 0.159 e. The van der Waals surface area contributed by atoms with Gasteiger partial charge < -0.3 is 10.0 Å². The molecular weight excluding hydrogens is 376 g/mol. The first-order valence-corrected chi connectivity index (χ1v) is 10.7. The van der Waals surface area contributed by atoms with Gasteiger partial charge >= 0.3 is 0 Å². The average molecular weight is 400 g/mol. The van der Waals surface area contributed by atoms with E-state index in [-0.39, 0.29) is 12.0 Å². The summed E-state index contributed by atoms with van der Waals surface area (Å²) in [7, 11) is 0. The molecule has 7 heteroatoms. The number of aromatic nitrogens is 4. The topological polar surface area (TPSA) is 90.9 Å². The minimum absolute atomic E-state index is 0.211. The van der Waals surface area contributed by atoms with Crippen LogP contribution in [0.15, 0.2) is 36.8 Å². The molecule has 3 heterocycles. The molecule has 1 aliphatic heterocycles. The van der Waals surface area contributed by atoms with Crippen molar-refractivity contribution >= 4 is 16.7 Å². The Hall–Kier alpha value is -2.98. The normalized spacial score (nSPS) is 23.5. The van der Waals surface area contributed by atoms with Crippen LogP contribution in [0.3, 0.4) is 0 Å². The fraction of sp³-hybridized carbons (Fsp3) is 0.478. The summed E-state index contributed by atoms with van der Waals surface area (Å²) in [5.41, 5.74) is 2.16.